The van der Waals surface area contributed by atoms with Crippen LogP contribution in [0.1, 0.15) is 49.0 Å². The zero-order valence-corrected chi connectivity index (χ0v) is 18.3. The van der Waals surface area contributed by atoms with Crippen molar-refractivity contribution in [2.45, 2.75) is 51.4 Å². The number of likely N-dealkylation sites (tertiary alicyclic amines) is 1. The van der Waals surface area contributed by atoms with E-state index in [1.165, 1.54) is 0 Å². The van der Waals surface area contributed by atoms with Gasteiger partial charge in [0.25, 0.3) is 5.91 Å². The van der Waals surface area contributed by atoms with Gasteiger partial charge in [0.1, 0.15) is 6.04 Å². The molecule has 1 aromatic rings. The topological polar surface area (TPSA) is 83.7 Å². The molecule has 0 spiro atoms. The van der Waals surface area contributed by atoms with Gasteiger partial charge in [-0.2, -0.15) is 0 Å². The highest BCUT2D eigenvalue weighted by atomic mass is 32.2. The second-order valence-electron chi connectivity index (χ2n) is 8.52. The normalized spacial score (nSPS) is 22.9. The highest BCUT2D eigenvalue weighted by Crippen LogP contribution is 2.36. The molecule has 2 fully saturated rings. The Morgan fingerprint density at radius 1 is 1.21 bits per heavy atom. The van der Waals surface area contributed by atoms with Gasteiger partial charge >= 0.3 is 0 Å². The van der Waals surface area contributed by atoms with E-state index in [1.807, 2.05) is 36.1 Å². The van der Waals surface area contributed by atoms with E-state index in [9.17, 15) is 14.4 Å². The van der Waals surface area contributed by atoms with Crippen molar-refractivity contribution in [1.82, 2.24) is 9.80 Å². The molecule has 0 aromatic heterocycles. The summed E-state index contributed by atoms with van der Waals surface area (Å²) in [6.45, 7) is 7.29. The molecule has 0 bridgehead atoms. The number of rotatable bonds is 5. The maximum absolute atomic E-state index is 13.4. The molecule has 2 aliphatic rings. The number of piperidine rings is 1. The first-order chi connectivity index (χ1) is 13.8. The number of amides is 3. The molecule has 3 rings (SSSR count). The molecule has 3 amide bonds. The van der Waals surface area contributed by atoms with Crippen LogP contribution in [0.4, 0.5) is 0 Å². The standard InChI is InChI=1S/C22H31N3O3S/c1-14(2)11-19-25(21(27)17-6-4-5-15(3)12-17)18(13-29-19)22(28)24-9-7-16(8-10-24)20(23)26/h4-6,12,14,16,18-19H,7-11,13H2,1-3H3,(H2,23,26). The van der Waals surface area contributed by atoms with Crippen LogP contribution in [0.5, 0.6) is 0 Å². The molecule has 6 nitrogen and oxygen atoms in total. The molecule has 2 unspecified atom stereocenters. The first-order valence-corrected chi connectivity index (χ1v) is 11.4. The molecular formula is C22H31N3O3S. The van der Waals surface area contributed by atoms with Crippen LogP contribution in [0.3, 0.4) is 0 Å². The van der Waals surface area contributed by atoms with Crippen LogP contribution in [0, 0.1) is 18.8 Å². The van der Waals surface area contributed by atoms with Crippen molar-refractivity contribution in [3.8, 4) is 0 Å². The van der Waals surface area contributed by atoms with E-state index in [0.29, 0.717) is 43.2 Å². The molecule has 2 saturated heterocycles. The molecule has 2 heterocycles. The van der Waals surface area contributed by atoms with Crippen LogP contribution in [0.15, 0.2) is 24.3 Å². The third kappa shape index (κ3) is 4.94. The minimum Gasteiger partial charge on any atom is -0.369 e. The summed E-state index contributed by atoms with van der Waals surface area (Å²) in [6.07, 6.45) is 2.06. The van der Waals surface area contributed by atoms with Gasteiger partial charge in [-0.1, -0.05) is 31.5 Å². The van der Waals surface area contributed by atoms with Gasteiger partial charge in [0.2, 0.25) is 11.8 Å². The number of carbonyl (C=O) groups is 3. The average Bonchev–Trinajstić information content (AvgIpc) is 3.09. The fourth-order valence-corrected chi connectivity index (χ4v) is 5.77. The first kappa shape index (κ1) is 21.7. The summed E-state index contributed by atoms with van der Waals surface area (Å²) in [6, 6.07) is 7.10. The molecule has 2 atom stereocenters. The lowest BCUT2D eigenvalue weighted by atomic mass is 9.96. The average molecular weight is 418 g/mol. The smallest absolute Gasteiger partial charge is 0.255 e. The molecule has 0 saturated carbocycles. The molecule has 29 heavy (non-hydrogen) atoms. The second-order valence-corrected chi connectivity index (χ2v) is 9.73. The lowest BCUT2D eigenvalue weighted by Crippen LogP contribution is -2.53. The molecular weight excluding hydrogens is 386 g/mol. The van der Waals surface area contributed by atoms with Crippen LogP contribution >= 0.6 is 11.8 Å². The zero-order chi connectivity index (χ0) is 21.1. The van der Waals surface area contributed by atoms with Crippen molar-refractivity contribution >= 4 is 29.5 Å². The van der Waals surface area contributed by atoms with E-state index < -0.39 is 6.04 Å². The molecule has 158 valence electrons. The SMILES string of the molecule is Cc1cccc(C(=O)N2C(CC(C)C)SCC2C(=O)N2CCC(C(N)=O)CC2)c1. The Balaban J connectivity index is 1.80. The maximum atomic E-state index is 13.4. The van der Waals surface area contributed by atoms with E-state index in [-0.39, 0.29) is 29.0 Å². The van der Waals surface area contributed by atoms with Crippen molar-refractivity contribution in [1.29, 1.82) is 0 Å². The van der Waals surface area contributed by atoms with E-state index in [1.54, 1.807) is 16.7 Å². The summed E-state index contributed by atoms with van der Waals surface area (Å²) < 4.78 is 0. The summed E-state index contributed by atoms with van der Waals surface area (Å²) in [4.78, 5) is 41.8. The van der Waals surface area contributed by atoms with E-state index in [0.717, 1.165) is 12.0 Å². The summed E-state index contributed by atoms with van der Waals surface area (Å²) in [5.74, 6) is 0.518. The van der Waals surface area contributed by atoms with Gasteiger partial charge in [0.15, 0.2) is 0 Å². The number of benzene rings is 1. The van der Waals surface area contributed by atoms with Crippen molar-refractivity contribution in [2.75, 3.05) is 18.8 Å². The lowest BCUT2D eigenvalue weighted by molar-refractivity contribution is -0.138. The maximum Gasteiger partial charge on any atom is 0.255 e. The van der Waals surface area contributed by atoms with Crippen molar-refractivity contribution < 1.29 is 14.4 Å². The molecule has 2 N–H and O–H groups in total. The number of aryl methyl sites for hydroxylation is 1. The van der Waals surface area contributed by atoms with E-state index in [4.69, 9.17) is 5.73 Å². The Kier molecular flexibility index (Phi) is 6.88. The number of nitrogens with zero attached hydrogens (tertiary/aromatic N) is 2. The number of hydrogen-bond donors (Lipinski definition) is 1. The summed E-state index contributed by atoms with van der Waals surface area (Å²) in [7, 11) is 0. The minimum atomic E-state index is -0.457. The number of hydrogen-bond acceptors (Lipinski definition) is 4. The van der Waals surface area contributed by atoms with Gasteiger partial charge in [0, 0.05) is 30.3 Å². The van der Waals surface area contributed by atoms with Crippen LogP contribution in [0.25, 0.3) is 0 Å². The van der Waals surface area contributed by atoms with E-state index in [2.05, 4.69) is 13.8 Å². The summed E-state index contributed by atoms with van der Waals surface area (Å²) in [5.41, 5.74) is 7.07. The highest BCUT2D eigenvalue weighted by Gasteiger charge is 2.44. The predicted octanol–water partition coefficient (Wildman–Crippen LogP) is 2.65. The summed E-state index contributed by atoms with van der Waals surface area (Å²) >= 11 is 1.70. The van der Waals surface area contributed by atoms with Gasteiger partial charge in [-0.15, -0.1) is 11.8 Å². The van der Waals surface area contributed by atoms with Gasteiger partial charge in [-0.05, 0) is 44.2 Å². The Bertz CT molecular complexity index is 774. The molecule has 0 aliphatic carbocycles. The van der Waals surface area contributed by atoms with Gasteiger partial charge < -0.3 is 15.5 Å². The largest absolute Gasteiger partial charge is 0.369 e. The van der Waals surface area contributed by atoms with Crippen LogP contribution in [-0.2, 0) is 9.59 Å². The van der Waals surface area contributed by atoms with Crippen LogP contribution < -0.4 is 5.73 Å². The fourth-order valence-electron chi connectivity index (χ4n) is 4.13. The van der Waals surface area contributed by atoms with Gasteiger partial charge in [0.05, 0.1) is 5.37 Å². The summed E-state index contributed by atoms with van der Waals surface area (Å²) in [5, 5.41) is 0.000112. The quantitative estimate of drug-likeness (QED) is 0.798. The zero-order valence-electron chi connectivity index (χ0n) is 17.5. The lowest BCUT2D eigenvalue weighted by Gasteiger charge is -2.36. The fraction of sp³-hybridized carbons (Fsp3) is 0.591. The van der Waals surface area contributed by atoms with E-state index >= 15 is 0 Å². The highest BCUT2D eigenvalue weighted by molar-refractivity contribution is 8.00. The molecule has 7 heteroatoms. The van der Waals surface area contributed by atoms with Gasteiger partial charge in [-0.3, -0.25) is 14.4 Å². The Hall–Kier alpha value is -2.02. The molecule has 2 aliphatic heterocycles. The van der Waals surface area contributed by atoms with Crippen LogP contribution in [0.2, 0.25) is 0 Å². The Labute approximate surface area is 177 Å². The Morgan fingerprint density at radius 2 is 1.90 bits per heavy atom. The third-order valence-electron chi connectivity index (χ3n) is 5.76. The first-order valence-electron chi connectivity index (χ1n) is 10.4. The van der Waals surface area contributed by atoms with Gasteiger partial charge in [-0.25, -0.2) is 0 Å². The molecule has 1 aromatic carbocycles. The Morgan fingerprint density at radius 3 is 2.48 bits per heavy atom. The van der Waals surface area contributed by atoms with Crippen LogP contribution in [-0.4, -0.2) is 57.8 Å². The number of thioether (sulfide) groups is 1. The second kappa shape index (κ2) is 9.20. The number of primary amides is 1. The number of carbonyl (C=O) groups excluding carboxylic acids is 3. The van der Waals surface area contributed by atoms with Crippen molar-refractivity contribution in [3.05, 3.63) is 35.4 Å². The number of nitrogens with two attached hydrogens (primary N) is 1. The van der Waals surface area contributed by atoms with Crippen molar-refractivity contribution in [2.24, 2.45) is 17.6 Å². The monoisotopic (exact) mass is 417 g/mol. The molecule has 0 radical (unpaired) electrons. The predicted molar refractivity (Wildman–Crippen MR) is 115 cm³/mol. The third-order valence-corrected chi connectivity index (χ3v) is 7.07. The minimum absolute atomic E-state index is 0.000112. The van der Waals surface area contributed by atoms with Crippen molar-refractivity contribution in [3.63, 3.8) is 0 Å².